The van der Waals surface area contributed by atoms with Gasteiger partial charge in [0.15, 0.2) is 0 Å². The van der Waals surface area contributed by atoms with E-state index in [9.17, 15) is 0 Å². The molecule has 29 heavy (non-hydrogen) atoms. The third-order valence-corrected chi connectivity index (χ3v) is 11.7. The first-order valence-corrected chi connectivity index (χ1v) is 12.9. The summed E-state index contributed by atoms with van der Waals surface area (Å²) in [6.45, 7) is 0. The SMILES string of the molecule is c1ccc([PH](Cc2nc3ccccc3s2)(c2ccccc2)c2ccccc2)cc1. The third kappa shape index (κ3) is 3.40. The summed E-state index contributed by atoms with van der Waals surface area (Å²) in [6, 6.07) is 41.6. The Bertz CT molecular complexity index is 1090. The molecule has 5 aromatic rings. The van der Waals surface area contributed by atoms with Crippen molar-refractivity contribution >= 4 is 44.7 Å². The van der Waals surface area contributed by atoms with Crippen LogP contribution in [-0.2, 0) is 6.16 Å². The van der Waals surface area contributed by atoms with Gasteiger partial charge in [0, 0.05) is 0 Å². The zero-order valence-electron chi connectivity index (χ0n) is 16.0. The van der Waals surface area contributed by atoms with Gasteiger partial charge in [0.05, 0.1) is 0 Å². The topological polar surface area (TPSA) is 12.9 Å². The van der Waals surface area contributed by atoms with Gasteiger partial charge >= 0.3 is 176 Å². The zero-order valence-corrected chi connectivity index (χ0v) is 17.8. The molecule has 0 bridgehead atoms. The molecule has 0 saturated carbocycles. The summed E-state index contributed by atoms with van der Waals surface area (Å²) in [7, 11) is -2.28. The minimum atomic E-state index is -2.28. The van der Waals surface area contributed by atoms with E-state index in [1.54, 1.807) is 0 Å². The molecule has 142 valence electrons. The van der Waals surface area contributed by atoms with Crippen LogP contribution in [0.4, 0.5) is 0 Å². The van der Waals surface area contributed by atoms with E-state index >= 15 is 0 Å². The molecule has 3 heteroatoms. The molecule has 1 nitrogen and oxygen atoms in total. The summed E-state index contributed by atoms with van der Waals surface area (Å²) in [4.78, 5) is 5.03. The van der Waals surface area contributed by atoms with Crippen LogP contribution in [-0.4, -0.2) is 4.98 Å². The van der Waals surface area contributed by atoms with Crippen molar-refractivity contribution < 1.29 is 0 Å². The molecular formula is C26H22NPS. The quantitative estimate of drug-likeness (QED) is 0.347. The molecule has 0 radical (unpaired) electrons. The maximum absolute atomic E-state index is 5.03. The van der Waals surface area contributed by atoms with Crippen LogP contribution in [0.15, 0.2) is 115 Å². The number of benzene rings is 4. The molecule has 0 N–H and O–H groups in total. The van der Waals surface area contributed by atoms with Gasteiger partial charge in [-0.3, -0.25) is 0 Å². The number of hydrogen-bond donors (Lipinski definition) is 0. The van der Waals surface area contributed by atoms with Crippen LogP contribution in [0.2, 0.25) is 0 Å². The fraction of sp³-hybridized carbons (Fsp3) is 0.0385. The van der Waals surface area contributed by atoms with Gasteiger partial charge in [-0.15, -0.1) is 0 Å². The van der Waals surface area contributed by atoms with Gasteiger partial charge in [-0.2, -0.15) is 0 Å². The monoisotopic (exact) mass is 411 g/mol. The second-order valence-corrected chi connectivity index (χ2v) is 12.3. The summed E-state index contributed by atoms with van der Waals surface area (Å²) in [5, 5.41) is 5.50. The van der Waals surface area contributed by atoms with Gasteiger partial charge in [0.1, 0.15) is 0 Å². The zero-order chi connectivity index (χ0) is 19.5. The van der Waals surface area contributed by atoms with E-state index in [4.69, 9.17) is 4.98 Å². The van der Waals surface area contributed by atoms with Crippen molar-refractivity contribution in [2.24, 2.45) is 0 Å². The third-order valence-electron chi connectivity index (χ3n) is 5.55. The molecule has 0 aliphatic heterocycles. The van der Waals surface area contributed by atoms with E-state index in [-0.39, 0.29) is 0 Å². The number of rotatable bonds is 5. The molecule has 4 aromatic carbocycles. The first-order chi connectivity index (χ1) is 14.4. The summed E-state index contributed by atoms with van der Waals surface area (Å²) in [5.74, 6) is 0. The Hall–Kier alpha value is -2.80. The van der Waals surface area contributed by atoms with Crippen LogP contribution in [0.25, 0.3) is 10.2 Å². The van der Waals surface area contributed by atoms with E-state index in [2.05, 4.69) is 115 Å². The predicted molar refractivity (Wildman–Crippen MR) is 130 cm³/mol. The van der Waals surface area contributed by atoms with Crippen molar-refractivity contribution in [1.82, 2.24) is 4.98 Å². The first kappa shape index (κ1) is 18.2. The fourth-order valence-corrected chi connectivity index (χ4v) is 10.3. The van der Waals surface area contributed by atoms with Crippen LogP contribution >= 0.6 is 18.6 Å². The first-order valence-electron chi connectivity index (χ1n) is 9.87. The summed E-state index contributed by atoms with van der Waals surface area (Å²) in [6.07, 6.45) is 0.963. The van der Waals surface area contributed by atoms with Gasteiger partial charge in [-0.25, -0.2) is 0 Å². The Morgan fingerprint density at radius 1 is 0.552 bits per heavy atom. The van der Waals surface area contributed by atoms with E-state index in [0.717, 1.165) is 11.7 Å². The Labute approximate surface area is 176 Å². The van der Waals surface area contributed by atoms with Crippen LogP contribution in [0, 0.1) is 0 Å². The van der Waals surface area contributed by atoms with E-state index in [1.165, 1.54) is 25.6 Å². The summed E-state index contributed by atoms with van der Waals surface area (Å²) < 4.78 is 1.26. The number of thiazole rings is 1. The van der Waals surface area contributed by atoms with Crippen molar-refractivity contribution in [1.29, 1.82) is 0 Å². The molecular weight excluding hydrogens is 389 g/mol. The van der Waals surface area contributed by atoms with Crippen molar-refractivity contribution in [2.45, 2.75) is 6.16 Å². The van der Waals surface area contributed by atoms with Gasteiger partial charge in [0.2, 0.25) is 0 Å². The molecule has 0 amide bonds. The molecule has 0 fully saturated rings. The Balaban J connectivity index is 1.77. The number of para-hydroxylation sites is 1. The van der Waals surface area contributed by atoms with E-state index in [0.29, 0.717) is 0 Å². The standard InChI is InChI=1S/C26H22NPS/c1-4-12-21(13-5-1)28(22-14-6-2-7-15-22,23-16-8-3-9-17-23)20-26-27-24-18-10-11-19-25(24)29-26/h1-19,28H,20H2. The molecule has 1 aromatic heterocycles. The van der Waals surface area contributed by atoms with Gasteiger partial charge < -0.3 is 0 Å². The number of fused-ring (bicyclic) bond motifs is 1. The Morgan fingerprint density at radius 3 is 1.48 bits per heavy atom. The fourth-order valence-electron chi connectivity index (χ4n) is 4.20. The summed E-state index contributed by atoms with van der Waals surface area (Å²) in [5.41, 5.74) is 1.10. The number of aromatic nitrogens is 1. The predicted octanol–water partition coefficient (Wildman–Crippen LogP) is 5.52. The van der Waals surface area contributed by atoms with Gasteiger partial charge in [-0.05, 0) is 0 Å². The van der Waals surface area contributed by atoms with Crippen molar-refractivity contribution in [3.63, 3.8) is 0 Å². The molecule has 0 saturated heterocycles. The average molecular weight is 412 g/mol. The van der Waals surface area contributed by atoms with E-state index in [1.807, 2.05) is 11.3 Å². The molecule has 5 rings (SSSR count). The van der Waals surface area contributed by atoms with Crippen molar-refractivity contribution in [3.05, 3.63) is 120 Å². The molecule has 0 aliphatic rings. The second kappa shape index (κ2) is 7.91. The second-order valence-electron chi connectivity index (χ2n) is 7.26. The number of nitrogens with zero attached hydrogens (tertiary/aromatic N) is 1. The molecule has 0 spiro atoms. The van der Waals surface area contributed by atoms with E-state index < -0.39 is 7.26 Å². The van der Waals surface area contributed by atoms with Gasteiger partial charge in [-0.1, -0.05) is 0 Å². The van der Waals surface area contributed by atoms with Crippen molar-refractivity contribution in [3.8, 4) is 0 Å². The van der Waals surface area contributed by atoms with Crippen LogP contribution in [0.5, 0.6) is 0 Å². The van der Waals surface area contributed by atoms with Gasteiger partial charge in [0.25, 0.3) is 0 Å². The molecule has 1 heterocycles. The minimum absolute atomic E-state index is 0.963. The Morgan fingerprint density at radius 2 is 1.00 bits per heavy atom. The number of hydrogen-bond acceptors (Lipinski definition) is 2. The maximum atomic E-state index is 5.03. The van der Waals surface area contributed by atoms with Crippen LogP contribution < -0.4 is 15.9 Å². The summed E-state index contributed by atoms with van der Waals surface area (Å²) >= 11 is 1.83. The van der Waals surface area contributed by atoms with Crippen molar-refractivity contribution in [2.75, 3.05) is 0 Å². The van der Waals surface area contributed by atoms with Crippen LogP contribution in [0.3, 0.4) is 0 Å². The van der Waals surface area contributed by atoms with Crippen LogP contribution in [0.1, 0.15) is 5.01 Å². The molecule has 0 unspecified atom stereocenters. The average Bonchev–Trinajstić information content (AvgIpc) is 3.22. The molecule has 0 atom stereocenters. The molecule has 0 aliphatic carbocycles. The normalized spacial score (nSPS) is 12.1. The Kier molecular flexibility index (Phi) is 4.97.